The molecule has 0 radical (unpaired) electrons. The predicted molar refractivity (Wildman–Crippen MR) is 120 cm³/mol. The van der Waals surface area contributed by atoms with Gasteiger partial charge in [-0.25, -0.2) is 4.98 Å². The number of hydrogen-bond donors (Lipinski definition) is 0. The highest BCUT2D eigenvalue weighted by Crippen LogP contribution is 2.33. The van der Waals surface area contributed by atoms with Crippen LogP contribution in [-0.4, -0.2) is 49.0 Å². The molecule has 0 saturated heterocycles. The standard InChI is InChI=1S/C23H28N6OS/c1-16-4-3-5-18(25-16)12-28-9-8-21-20(13-28)22(26-29(21)10-17-6-7-17)23(30)27(2)11-19-14-31-15-24-19/h3-5,14-15,17H,6-13H2,1-2H3. The Bertz CT molecular complexity index is 1070. The molecule has 2 aliphatic rings. The molecule has 0 spiro atoms. The van der Waals surface area contributed by atoms with Crippen molar-refractivity contribution in [2.75, 3.05) is 13.6 Å². The normalized spacial score (nSPS) is 16.3. The molecule has 0 N–H and O–H groups in total. The molecular formula is C23H28N6OS. The molecule has 0 aromatic carbocycles. The van der Waals surface area contributed by atoms with Gasteiger partial charge in [0.2, 0.25) is 0 Å². The summed E-state index contributed by atoms with van der Waals surface area (Å²) in [6.07, 6.45) is 3.46. The second kappa shape index (κ2) is 8.51. The highest BCUT2D eigenvalue weighted by atomic mass is 32.1. The average Bonchev–Trinajstić information content (AvgIpc) is 3.29. The van der Waals surface area contributed by atoms with Crippen LogP contribution in [0, 0.1) is 12.8 Å². The van der Waals surface area contributed by atoms with Crippen LogP contribution < -0.4 is 0 Å². The molecule has 5 rings (SSSR count). The van der Waals surface area contributed by atoms with Crippen molar-refractivity contribution < 1.29 is 4.79 Å². The summed E-state index contributed by atoms with van der Waals surface area (Å²) in [5, 5.41) is 6.83. The second-order valence-electron chi connectivity index (χ2n) is 8.77. The van der Waals surface area contributed by atoms with Crippen molar-refractivity contribution in [2.24, 2.45) is 5.92 Å². The van der Waals surface area contributed by atoms with Crippen LogP contribution in [0.15, 0.2) is 29.1 Å². The van der Waals surface area contributed by atoms with E-state index < -0.39 is 0 Å². The topological polar surface area (TPSA) is 67.2 Å². The van der Waals surface area contributed by atoms with Gasteiger partial charge < -0.3 is 4.90 Å². The minimum absolute atomic E-state index is 0.0191. The number of aryl methyl sites for hydroxylation is 1. The Balaban J connectivity index is 1.39. The van der Waals surface area contributed by atoms with Gasteiger partial charge >= 0.3 is 0 Å². The SMILES string of the molecule is Cc1cccc(CN2CCc3c(c(C(=O)N(C)Cc4cscn4)nn3CC3CC3)C2)n1. The first-order valence-corrected chi connectivity index (χ1v) is 11.9. The molecule has 1 aliphatic carbocycles. The maximum atomic E-state index is 13.4. The molecule has 1 amide bonds. The Labute approximate surface area is 186 Å². The zero-order valence-corrected chi connectivity index (χ0v) is 18.9. The molecular weight excluding hydrogens is 408 g/mol. The number of carbonyl (C=O) groups excluding carboxylic acids is 1. The Morgan fingerprint density at radius 1 is 1.29 bits per heavy atom. The van der Waals surface area contributed by atoms with E-state index in [1.807, 2.05) is 25.4 Å². The quantitative estimate of drug-likeness (QED) is 0.569. The monoisotopic (exact) mass is 436 g/mol. The summed E-state index contributed by atoms with van der Waals surface area (Å²) in [6.45, 7) is 5.95. The summed E-state index contributed by atoms with van der Waals surface area (Å²) in [6, 6.07) is 6.16. The molecule has 1 aliphatic heterocycles. The van der Waals surface area contributed by atoms with Crippen LogP contribution in [0.25, 0.3) is 0 Å². The van der Waals surface area contributed by atoms with E-state index in [0.717, 1.165) is 55.2 Å². The molecule has 7 nitrogen and oxygen atoms in total. The van der Waals surface area contributed by atoms with E-state index in [1.54, 1.807) is 21.7 Å². The van der Waals surface area contributed by atoms with Crippen LogP contribution in [0.3, 0.4) is 0 Å². The summed E-state index contributed by atoms with van der Waals surface area (Å²) in [7, 11) is 1.84. The molecule has 0 unspecified atom stereocenters. The summed E-state index contributed by atoms with van der Waals surface area (Å²) in [5.41, 5.74) is 7.77. The number of amides is 1. The Kier molecular flexibility index (Phi) is 5.58. The minimum atomic E-state index is -0.0191. The van der Waals surface area contributed by atoms with E-state index in [0.29, 0.717) is 18.2 Å². The van der Waals surface area contributed by atoms with Crippen molar-refractivity contribution in [3.8, 4) is 0 Å². The molecule has 4 heterocycles. The van der Waals surface area contributed by atoms with Crippen LogP contribution in [0.2, 0.25) is 0 Å². The second-order valence-corrected chi connectivity index (χ2v) is 9.49. The maximum absolute atomic E-state index is 13.4. The van der Waals surface area contributed by atoms with E-state index in [-0.39, 0.29) is 5.91 Å². The third-order valence-corrected chi connectivity index (χ3v) is 6.74. The molecule has 162 valence electrons. The zero-order valence-electron chi connectivity index (χ0n) is 18.1. The zero-order chi connectivity index (χ0) is 21.4. The molecule has 3 aromatic rings. The number of aromatic nitrogens is 4. The van der Waals surface area contributed by atoms with Gasteiger partial charge in [-0.3, -0.25) is 19.4 Å². The van der Waals surface area contributed by atoms with Gasteiger partial charge in [-0.1, -0.05) is 6.07 Å². The molecule has 3 aromatic heterocycles. The van der Waals surface area contributed by atoms with Crippen LogP contribution >= 0.6 is 11.3 Å². The van der Waals surface area contributed by atoms with Gasteiger partial charge in [-0.15, -0.1) is 11.3 Å². The first-order valence-electron chi connectivity index (χ1n) is 10.9. The van der Waals surface area contributed by atoms with Gasteiger partial charge in [0.15, 0.2) is 5.69 Å². The first kappa shape index (κ1) is 20.3. The van der Waals surface area contributed by atoms with E-state index in [2.05, 4.69) is 31.7 Å². The largest absolute Gasteiger partial charge is 0.334 e. The maximum Gasteiger partial charge on any atom is 0.274 e. The molecule has 0 atom stereocenters. The van der Waals surface area contributed by atoms with Gasteiger partial charge in [0, 0.05) is 62.0 Å². The number of thiazole rings is 1. The highest BCUT2D eigenvalue weighted by molar-refractivity contribution is 7.07. The molecule has 1 saturated carbocycles. The molecule has 1 fully saturated rings. The Morgan fingerprint density at radius 2 is 2.16 bits per heavy atom. The first-order chi connectivity index (χ1) is 15.1. The van der Waals surface area contributed by atoms with E-state index in [9.17, 15) is 4.79 Å². The number of fused-ring (bicyclic) bond motifs is 1. The van der Waals surface area contributed by atoms with Gasteiger partial charge in [-0.2, -0.15) is 5.10 Å². The van der Waals surface area contributed by atoms with Crippen molar-refractivity contribution in [3.05, 3.63) is 63.1 Å². The summed E-state index contributed by atoms with van der Waals surface area (Å²) in [5.74, 6) is 0.698. The average molecular weight is 437 g/mol. The van der Waals surface area contributed by atoms with Crippen LogP contribution in [0.4, 0.5) is 0 Å². The lowest BCUT2D eigenvalue weighted by atomic mass is 10.0. The van der Waals surface area contributed by atoms with Crippen molar-refractivity contribution in [2.45, 2.75) is 52.4 Å². The minimum Gasteiger partial charge on any atom is -0.334 e. The van der Waals surface area contributed by atoms with Crippen molar-refractivity contribution in [1.82, 2.24) is 29.5 Å². The lowest BCUT2D eigenvalue weighted by molar-refractivity contribution is 0.0774. The number of rotatable bonds is 7. The Morgan fingerprint density at radius 3 is 2.90 bits per heavy atom. The number of pyridine rings is 1. The van der Waals surface area contributed by atoms with Gasteiger partial charge in [0.05, 0.1) is 23.4 Å². The summed E-state index contributed by atoms with van der Waals surface area (Å²) in [4.78, 5) is 26.5. The van der Waals surface area contributed by atoms with Crippen molar-refractivity contribution in [3.63, 3.8) is 0 Å². The Hall–Kier alpha value is -2.58. The number of nitrogens with zero attached hydrogens (tertiary/aromatic N) is 6. The van der Waals surface area contributed by atoms with Gasteiger partial charge in [0.25, 0.3) is 5.91 Å². The van der Waals surface area contributed by atoms with Crippen molar-refractivity contribution >= 4 is 17.2 Å². The van der Waals surface area contributed by atoms with Crippen molar-refractivity contribution in [1.29, 1.82) is 0 Å². The lowest BCUT2D eigenvalue weighted by Crippen LogP contribution is -2.33. The van der Waals surface area contributed by atoms with Crippen LogP contribution in [0.1, 0.15) is 51.7 Å². The van der Waals surface area contributed by atoms with Crippen LogP contribution in [0.5, 0.6) is 0 Å². The smallest absolute Gasteiger partial charge is 0.274 e. The van der Waals surface area contributed by atoms with E-state index in [1.165, 1.54) is 18.5 Å². The predicted octanol–water partition coefficient (Wildman–Crippen LogP) is 3.28. The summed E-state index contributed by atoms with van der Waals surface area (Å²) < 4.78 is 2.12. The fourth-order valence-electron chi connectivity index (χ4n) is 4.28. The molecule has 8 heteroatoms. The van der Waals surface area contributed by atoms with E-state index in [4.69, 9.17) is 5.10 Å². The third-order valence-electron chi connectivity index (χ3n) is 6.10. The number of hydrogen-bond acceptors (Lipinski definition) is 6. The van der Waals surface area contributed by atoms with Gasteiger partial charge in [0.1, 0.15) is 0 Å². The highest BCUT2D eigenvalue weighted by Gasteiger charge is 2.32. The fraction of sp³-hybridized carbons (Fsp3) is 0.478. The van der Waals surface area contributed by atoms with E-state index >= 15 is 0 Å². The van der Waals surface area contributed by atoms with Gasteiger partial charge in [-0.05, 0) is 37.8 Å². The molecule has 31 heavy (non-hydrogen) atoms. The fourth-order valence-corrected chi connectivity index (χ4v) is 4.83. The third kappa shape index (κ3) is 4.55. The lowest BCUT2D eigenvalue weighted by Gasteiger charge is -2.27. The summed E-state index contributed by atoms with van der Waals surface area (Å²) >= 11 is 1.55. The number of carbonyl (C=O) groups is 1. The van der Waals surface area contributed by atoms with Crippen LogP contribution in [-0.2, 0) is 32.6 Å². The molecule has 0 bridgehead atoms.